The second kappa shape index (κ2) is 7.30. The summed E-state index contributed by atoms with van der Waals surface area (Å²) in [7, 11) is 0. The summed E-state index contributed by atoms with van der Waals surface area (Å²) in [6, 6.07) is 11.8. The second-order valence-electron chi connectivity index (χ2n) is 5.20. The SMILES string of the molecule is O[C@H](CNCc1ccccc1F)COc1ccc2c(c1)OCO2. The predicted molar refractivity (Wildman–Crippen MR) is 82.2 cm³/mol. The average Bonchev–Trinajstić information content (AvgIpc) is 3.02. The van der Waals surface area contributed by atoms with Crippen LogP contribution in [0, 0.1) is 5.82 Å². The minimum Gasteiger partial charge on any atom is -0.491 e. The van der Waals surface area contributed by atoms with Gasteiger partial charge in [-0.25, -0.2) is 4.39 Å². The van der Waals surface area contributed by atoms with E-state index < -0.39 is 6.10 Å². The molecule has 1 heterocycles. The highest BCUT2D eigenvalue weighted by Crippen LogP contribution is 2.35. The number of fused-ring (bicyclic) bond motifs is 1. The lowest BCUT2D eigenvalue weighted by atomic mass is 10.2. The van der Waals surface area contributed by atoms with Crippen LogP contribution in [0.4, 0.5) is 4.39 Å². The summed E-state index contributed by atoms with van der Waals surface area (Å²) in [5.41, 5.74) is 0.566. The molecule has 6 heteroatoms. The number of benzene rings is 2. The molecule has 1 atom stereocenters. The molecular formula is C17H18FNO4. The van der Waals surface area contributed by atoms with Crippen LogP contribution in [0.3, 0.4) is 0 Å². The Morgan fingerprint density at radius 3 is 2.87 bits per heavy atom. The van der Waals surface area contributed by atoms with Crippen LogP contribution in [0.1, 0.15) is 5.56 Å². The fourth-order valence-corrected chi connectivity index (χ4v) is 2.23. The van der Waals surface area contributed by atoms with Gasteiger partial charge in [-0.05, 0) is 18.2 Å². The zero-order chi connectivity index (χ0) is 16.1. The van der Waals surface area contributed by atoms with Gasteiger partial charge in [-0.15, -0.1) is 0 Å². The van der Waals surface area contributed by atoms with Gasteiger partial charge in [-0.2, -0.15) is 0 Å². The third-order valence-corrected chi connectivity index (χ3v) is 3.44. The standard InChI is InChI=1S/C17H18FNO4/c18-15-4-2-1-3-12(15)8-19-9-13(20)10-21-14-5-6-16-17(7-14)23-11-22-16/h1-7,13,19-20H,8-11H2/t13-/m1/s1. The average molecular weight is 319 g/mol. The lowest BCUT2D eigenvalue weighted by molar-refractivity contribution is 0.106. The molecule has 0 amide bonds. The highest BCUT2D eigenvalue weighted by atomic mass is 19.1. The number of aliphatic hydroxyl groups excluding tert-OH is 1. The molecule has 0 fully saturated rings. The monoisotopic (exact) mass is 319 g/mol. The second-order valence-corrected chi connectivity index (χ2v) is 5.20. The van der Waals surface area contributed by atoms with Crippen molar-refractivity contribution < 1.29 is 23.7 Å². The van der Waals surface area contributed by atoms with Crippen LogP contribution in [0.5, 0.6) is 17.2 Å². The van der Waals surface area contributed by atoms with Crippen LogP contribution in [0.15, 0.2) is 42.5 Å². The van der Waals surface area contributed by atoms with E-state index in [0.29, 0.717) is 35.9 Å². The van der Waals surface area contributed by atoms with E-state index in [4.69, 9.17) is 14.2 Å². The summed E-state index contributed by atoms with van der Waals surface area (Å²) in [4.78, 5) is 0. The quantitative estimate of drug-likeness (QED) is 0.818. The molecule has 5 nitrogen and oxygen atoms in total. The van der Waals surface area contributed by atoms with Crippen LogP contribution in [-0.4, -0.2) is 31.2 Å². The van der Waals surface area contributed by atoms with E-state index in [0.717, 1.165) is 0 Å². The first-order valence-corrected chi connectivity index (χ1v) is 7.37. The molecule has 0 saturated carbocycles. The minimum absolute atomic E-state index is 0.129. The molecule has 23 heavy (non-hydrogen) atoms. The summed E-state index contributed by atoms with van der Waals surface area (Å²) in [5.74, 6) is 1.66. The third-order valence-electron chi connectivity index (χ3n) is 3.44. The Morgan fingerprint density at radius 1 is 1.17 bits per heavy atom. The zero-order valence-corrected chi connectivity index (χ0v) is 12.5. The lowest BCUT2D eigenvalue weighted by Gasteiger charge is -2.13. The van der Waals surface area contributed by atoms with E-state index in [-0.39, 0.29) is 19.2 Å². The van der Waals surface area contributed by atoms with Gasteiger partial charge in [0.15, 0.2) is 11.5 Å². The first-order valence-electron chi connectivity index (χ1n) is 7.37. The molecule has 1 aliphatic heterocycles. The molecule has 122 valence electrons. The number of hydrogen-bond donors (Lipinski definition) is 2. The van der Waals surface area contributed by atoms with Crippen molar-refractivity contribution in [3.63, 3.8) is 0 Å². The number of halogens is 1. The van der Waals surface area contributed by atoms with Crippen molar-refractivity contribution in [2.24, 2.45) is 0 Å². The summed E-state index contributed by atoms with van der Waals surface area (Å²) in [6.45, 7) is 0.998. The Labute approximate surface area is 133 Å². The van der Waals surface area contributed by atoms with Crippen LogP contribution in [0.25, 0.3) is 0 Å². The molecule has 0 saturated heterocycles. The minimum atomic E-state index is -0.702. The lowest BCUT2D eigenvalue weighted by Crippen LogP contribution is -2.31. The van der Waals surface area contributed by atoms with Gasteiger partial charge in [0, 0.05) is 24.7 Å². The van der Waals surface area contributed by atoms with Gasteiger partial charge in [0.2, 0.25) is 6.79 Å². The zero-order valence-electron chi connectivity index (χ0n) is 12.5. The van der Waals surface area contributed by atoms with Crippen molar-refractivity contribution in [2.45, 2.75) is 12.6 Å². The van der Waals surface area contributed by atoms with Gasteiger partial charge in [0.05, 0.1) is 0 Å². The van der Waals surface area contributed by atoms with Gasteiger partial charge in [0.1, 0.15) is 24.3 Å². The Balaban J connectivity index is 1.41. The topological polar surface area (TPSA) is 60.0 Å². The van der Waals surface area contributed by atoms with E-state index in [1.54, 1.807) is 36.4 Å². The van der Waals surface area contributed by atoms with Crippen molar-refractivity contribution >= 4 is 0 Å². The van der Waals surface area contributed by atoms with Crippen LogP contribution in [0.2, 0.25) is 0 Å². The summed E-state index contributed by atoms with van der Waals surface area (Å²) >= 11 is 0. The van der Waals surface area contributed by atoms with Gasteiger partial charge in [0.25, 0.3) is 0 Å². The maximum atomic E-state index is 13.4. The molecule has 3 rings (SSSR count). The van der Waals surface area contributed by atoms with E-state index >= 15 is 0 Å². The van der Waals surface area contributed by atoms with Crippen LogP contribution >= 0.6 is 0 Å². The maximum absolute atomic E-state index is 13.4. The fourth-order valence-electron chi connectivity index (χ4n) is 2.23. The van der Waals surface area contributed by atoms with Gasteiger partial charge >= 0.3 is 0 Å². The third kappa shape index (κ3) is 4.12. The van der Waals surface area contributed by atoms with Gasteiger partial charge < -0.3 is 24.6 Å². The molecule has 2 N–H and O–H groups in total. The van der Waals surface area contributed by atoms with Crippen LogP contribution in [-0.2, 0) is 6.54 Å². The molecule has 0 unspecified atom stereocenters. The molecule has 0 spiro atoms. The Bertz CT molecular complexity index is 665. The first-order chi connectivity index (χ1) is 11.2. The van der Waals surface area contributed by atoms with E-state index in [2.05, 4.69) is 5.32 Å². The molecule has 0 radical (unpaired) electrons. The maximum Gasteiger partial charge on any atom is 0.231 e. The highest BCUT2D eigenvalue weighted by molar-refractivity contribution is 5.46. The normalized spacial score (nSPS) is 13.8. The Morgan fingerprint density at radius 2 is 2.00 bits per heavy atom. The predicted octanol–water partition coefficient (Wildman–Crippen LogP) is 2.08. The highest BCUT2D eigenvalue weighted by Gasteiger charge is 2.14. The van der Waals surface area contributed by atoms with Gasteiger partial charge in [-0.1, -0.05) is 18.2 Å². The Hall–Kier alpha value is -2.31. The van der Waals surface area contributed by atoms with Crippen molar-refractivity contribution in [3.8, 4) is 17.2 Å². The van der Waals surface area contributed by atoms with E-state index in [9.17, 15) is 9.50 Å². The van der Waals surface area contributed by atoms with Crippen LogP contribution < -0.4 is 19.5 Å². The van der Waals surface area contributed by atoms with E-state index in [1.807, 2.05) is 0 Å². The molecule has 2 aromatic carbocycles. The summed E-state index contributed by atoms with van der Waals surface area (Å²) in [6.07, 6.45) is -0.702. The largest absolute Gasteiger partial charge is 0.491 e. The summed E-state index contributed by atoms with van der Waals surface area (Å²) < 4.78 is 29.4. The molecule has 0 aliphatic carbocycles. The number of ether oxygens (including phenoxy) is 3. The number of hydrogen-bond acceptors (Lipinski definition) is 5. The molecular weight excluding hydrogens is 301 g/mol. The Kier molecular flexibility index (Phi) is 4.95. The summed E-state index contributed by atoms with van der Waals surface area (Å²) in [5, 5.41) is 12.9. The molecule has 2 aromatic rings. The van der Waals surface area contributed by atoms with Crippen molar-refractivity contribution in [1.82, 2.24) is 5.32 Å². The number of aliphatic hydroxyl groups is 1. The van der Waals surface area contributed by atoms with Crippen molar-refractivity contribution in [2.75, 3.05) is 19.9 Å². The number of rotatable bonds is 7. The first kappa shape index (κ1) is 15.6. The smallest absolute Gasteiger partial charge is 0.231 e. The van der Waals surface area contributed by atoms with Gasteiger partial charge in [-0.3, -0.25) is 0 Å². The molecule has 0 bridgehead atoms. The molecule has 1 aliphatic rings. The van der Waals surface area contributed by atoms with Crippen molar-refractivity contribution in [1.29, 1.82) is 0 Å². The van der Waals surface area contributed by atoms with Crippen molar-refractivity contribution in [3.05, 3.63) is 53.8 Å². The number of nitrogens with one attached hydrogen (secondary N) is 1. The fraction of sp³-hybridized carbons (Fsp3) is 0.294. The van der Waals surface area contributed by atoms with E-state index in [1.165, 1.54) is 6.07 Å². The molecule has 0 aromatic heterocycles.